The van der Waals surface area contributed by atoms with Crippen molar-refractivity contribution in [1.82, 2.24) is 10.3 Å². The minimum absolute atomic E-state index is 0.0212. The number of anilines is 2. The number of benzene rings is 2. The van der Waals surface area contributed by atoms with Crippen LogP contribution in [0.3, 0.4) is 0 Å². The highest BCUT2D eigenvalue weighted by Crippen LogP contribution is 2.44. The first-order chi connectivity index (χ1) is 18.4. The van der Waals surface area contributed by atoms with Crippen molar-refractivity contribution >= 4 is 57.8 Å². The summed E-state index contributed by atoms with van der Waals surface area (Å²) in [6.45, 7) is 1.91. The molecule has 3 heterocycles. The van der Waals surface area contributed by atoms with Crippen LogP contribution in [-0.2, 0) is 9.53 Å². The van der Waals surface area contributed by atoms with Gasteiger partial charge >= 0.3 is 0 Å². The molecule has 194 valence electrons. The molecule has 0 saturated carbocycles. The van der Waals surface area contributed by atoms with Crippen LogP contribution in [0.4, 0.5) is 11.4 Å². The smallest absolute Gasteiger partial charge is 0.250 e. The van der Waals surface area contributed by atoms with Crippen LogP contribution in [0, 0.1) is 6.92 Å². The molecule has 2 aromatic heterocycles. The summed E-state index contributed by atoms with van der Waals surface area (Å²) in [5.41, 5.74) is 3.93. The van der Waals surface area contributed by atoms with Gasteiger partial charge < -0.3 is 24.7 Å². The van der Waals surface area contributed by atoms with Crippen molar-refractivity contribution in [3.05, 3.63) is 100.0 Å². The number of aromatic nitrogens is 1. The third-order valence-corrected chi connectivity index (χ3v) is 7.40. The lowest BCUT2D eigenvalue weighted by molar-refractivity contribution is -0.119. The van der Waals surface area contributed by atoms with Crippen LogP contribution in [0.25, 0.3) is 11.3 Å². The largest absolute Gasteiger partial charge is 0.459 e. The van der Waals surface area contributed by atoms with Crippen LogP contribution in [-0.4, -0.2) is 29.7 Å². The Bertz CT molecular complexity index is 1490. The second-order valence-corrected chi connectivity index (χ2v) is 9.95. The predicted octanol–water partition coefficient (Wildman–Crippen LogP) is 6.72. The van der Waals surface area contributed by atoms with Gasteiger partial charge in [0.1, 0.15) is 24.2 Å². The fraction of sp³-hybridized carbons (Fsp3) is 0.179. The molecule has 2 N–H and O–H groups in total. The van der Waals surface area contributed by atoms with Gasteiger partial charge in [0.15, 0.2) is 5.11 Å². The topological polar surface area (TPSA) is 79.6 Å². The number of halogens is 2. The van der Waals surface area contributed by atoms with Gasteiger partial charge in [-0.15, -0.1) is 0 Å². The Balaban J connectivity index is 1.55. The van der Waals surface area contributed by atoms with E-state index in [0.29, 0.717) is 37.9 Å². The van der Waals surface area contributed by atoms with Gasteiger partial charge in [0, 0.05) is 30.2 Å². The van der Waals surface area contributed by atoms with E-state index in [4.69, 9.17) is 44.6 Å². The van der Waals surface area contributed by atoms with Crippen LogP contribution >= 0.6 is 35.4 Å². The van der Waals surface area contributed by atoms with Crippen LogP contribution in [0.15, 0.2) is 77.3 Å². The van der Waals surface area contributed by atoms with E-state index in [0.717, 1.165) is 16.9 Å². The summed E-state index contributed by atoms with van der Waals surface area (Å²) in [6, 6.07) is 20.1. The summed E-state index contributed by atoms with van der Waals surface area (Å²) >= 11 is 18.5. The van der Waals surface area contributed by atoms with E-state index < -0.39 is 0 Å². The third kappa shape index (κ3) is 5.13. The number of pyridine rings is 1. The minimum atomic E-state index is -0.350. The zero-order valence-electron chi connectivity index (χ0n) is 20.6. The van der Waals surface area contributed by atoms with Gasteiger partial charge in [-0.3, -0.25) is 9.78 Å². The van der Waals surface area contributed by atoms with Crippen molar-refractivity contribution in [2.45, 2.75) is 19.0 Å². The summed E-state index contributed by atoms with van der Waals surface area (Å²) in [7, 11) is 1.48. The number of amides is 1. The molecule has 1 fully saturated rings. The lowest BCUT2D eigenvalue weighted by Gasteiger charge is -2.27. The first kappa shape index (κ1) is 26.2. The number of nitrogens with one attached hydrogen (secondary N) is 2. The van der Waals surface area contributed by atoms with Gasteiger partial charge in [-0.05, 0) is 79.3 Å². The molecule has 5 rings (SSSR count). The van der Waals surface area contributed by atoms with E-state index in [1.54, 1.807) is 12.3 Å². The fourth-order valence-electron chi connectivity index (χ4n) is 4.53. The Morgan fingerprint density at radius 3 is 2.74 bits per heavy atom. The second kappa shape index (κ2) is 11.1. The second-order valence-electron chi connectivity index (χ2n) is 8.78. The number of furan rings is 1. The number of hydrogen-bond donors (Lipinski definition) is 2. The van der Waals surface area contributed by atoms with Crippen molar-refractivity contribution in [3.8, 4) is 11.3 Å². The normalized spacial score (nSPS) is 16.9. The van der Waals surface area contributed by atoms with E-state index in [1.807, 2.05) is 72.5 Å². The van der Waals surface area contributed by atoms with Gasteiger partial charge in [-0.2, -0.15) is 0 Å². The zero-order chi connectivity index (χ0) is 26.8. The molecule has 1 aliphatic rings. The van der Waals surface area contributed by atoms with Gasteiger partial charge in [0.25, 0.3) is 0 Å². The lowest BCUT2D eigenvalue weighted by Crippen LogP contribution is -2.29. The number of rotatable bonds is 7. The Morgan fingerprint density at radius 2 is 2.00 bits per heavy atom. The molecule has 0 radical (unpaired) electrons. The number of carbonyl (C=O) groups is 1. The molecule has 0 aliphatic carbocycles. The van der Waals surface area contributed by atoms with E-state index in [-0.39, 0.29) is 24.6 Å². The standard InChI is InChI=1S/C28H24Cl2N4O3S/c1-16-14-17(9-10-20(16)32-24(35)15-36-2)34-27(26(33-28(34)38)21-8-3-4-13-31-21)23-12-11-22(37-23)18-6-5-7-19(29)25(18)30/h3-14,26-27H,15H2,1-2H3,(H,32,35)(H,33,38)/t26-,27+/m1/s1. The van der Waals surface area contributed by atoms with E-state index in [9.17, 15) is 4.79 Å². The maximum absolute atomic E-state index is 12.0. The molecule has 1 saturated heterocycles. The Morgan fingerprint density at radius 1 is 1.16 bits per heavy atom. The SMILES string of the molecule is COCC(=O)Nc1ccc(N2C(=S)N[C@H](c3ccccn3)[C@@H]2c2ccc(-c3cccc(Cl)c3Cl)o2)cc1C. The number of hydrogen-bond acceptors (Lipinski definition) is 5. The number of aryl methyl sites for hydroxylation is 1. The third-order valence-electron chi connectivity index (χ3n) is 6.27. The summed E-state index contributed by atoms with van der Waals surface area (Å²) in [5, 5.41) is 7.69. The van der Waals surface area contributed by atoms with Gasteiger partial charge in [0.05, 0.1) is 21.8 Å². The average molecular weight is 567 g/mol. The maximum Gasteiger partial charge on any atom is 0.250 e. The molecule has 38 heavy (non-hydrogen) atoms. The summed E-state index contributed by atoms with van der Waals surface area (Å²) < 4.78 is 11.3. The maximum atomic E-state index is 12.0. The lowest BCUT2D eigenvalue weighted by atomic mass is 10.0. The average Bonchev–Trinajstić information content (AvgIpc) is 3.52. The van der Waals surface area contributed by atoms with Crippen molar-refractivity contribution < 1.29 is 13.9 Å². The Hall–Kier alpha value is -3.43. The number of ether oxygens (including phenoxy) is 1. The van der Waals surface area contributed by atoms with Gasteiger partial charge in [-0.25, -0.2) is 0 Å². The molecule has 0 unspecified atom stereocenters. The minimum Gasteiger partial charge on any atom is -0.459 e. The summed E-state index contributed by atoms with van der Waals surface area (Å²) in [4.78, 5) is 18.6. The van der Waals surface area contributed by atoms with Crippen LogP contribution in [0.1, 0.15) is 29.1 Å². The molecule has 2 atom stereocenters. The number of carbonyl (C=O) groups excluding carboxylic acids is 1. The van der Waals surface area contributed by atoms with Gasteiger partial charge in [0.2, 0.25) is 5.91 Å². The molecule has 2 aromatic carbocycles. The van der Waals surface area contributed by atoms with E-state index in [1.165, 1.54) is 7.11 Å². The molecular weight excluding hydrogens is 543 g/mol. The first-order valence-corrected chi connectivity index (χ1v) is 13.0. The van der Waals surface area contributed by atoms with E-state index in [2.05, 4.69) is 15.6 Å². The van der Waals surface area contributed by atoms with Crippen LogP contribution in [0.5, 0.6) is 0 Å². The van der Waals surface area contributed by atoms with Crippen molar-refractivity contribution in [2.75, 3.05) is 23.9 Å². The van der Waals surface area contributed by atoms with Crippen molar-refractivity contribution in [2.24, 2.45) is 0 Å². The van der Waals surface area contributed by atoms with Crippen LogP contribution in [0.2, 0.25) is 10.0 Å². The quantitative estimate of drug-likeness (QED) is 0.240. The highest BCUT2D eigenvalue weighted by molar-refractivity contribution is 7.80. The highest BCUT2D eigenvalue weighted by Gasteiger charge is 2.42. The zero-order valence-corrected chi connectivity index (χ0v) is 22.9. The van der Waals surface area contributed by atoms with Crippen molar-refractivity contribution in [1.29, 1.82) is 0 Å². The molecular formula is C28H24Cl2N4O3S. The predicted molar refractivity (Wildman–Crippen MR) is 154 cm³/mol. The van der Waals surface area contributed by atoms with E-state index >= 15 is 0 Å². The molecule has 10 heteroatoms. The Kier molecular flexibility index (Phi) is 7.67. The molecule has 0 spiro atoms. The highest BCUT2D eigenvalue weighted by atomic mass is 35.5. The fourth-order valence-corrected chi connectivity index (χ4v) is 5.27. The van der Waals surface area contributed by atoms with Crippen molar-refractivity contribution in [3.63, 3.8) is 0 Å². The first-order valence-electron chi connectivity index (χ1n) is 11.8. The number of methoxy groups -OCH3 is 1. The van der Waals surface area contributed by atoms with Crippen LogP contribution < -0.4 is 15.5 Å². The molecule has 1 aliphatic heterocycles. The molecule has 1 amide bonds. The Labute approximate surface area is 235 Å². The number of thiocarbonyl (C=S) groups is 1. The monoisotopic (exact) mass is 566 g/mol. The molecule has 7 nitrogen and oxygen atoms in total. The van der Waals surface area contributed by atoms with Gasteiger partial charge in [-0.1, -0.05) is 35.3 Å². The molecule has 4 aromatic rings. The summed E-state index contributed by atoms with van der Waals surface area (Å²) in [5.74, 6) is 1.05. The molecule has 0 bridgehead atoms. The summed E-state index contributed by atoms with van der Waals surface area (Å²) in [6.07, 6.45) is 1.75. The number of nitrogens with zero attached hydrogens (tertiary/aromatic N) is 2.